The monoisotopic (exact) mass is 252 g/mol. The van der Waals surface area contributed by atoms with Gasteiger partial charge in [0, 0.05) is 6.54 Å². The number of oxazole rings is 1. The lowest BCUT2D eigenvalue weighted by atomic mass is 9.87. The van der Waals surface area contributed by atoms with Gasteiger partial charge in [0.1, 0.15) is 5.76 Å². The molecule has 0 unspecified atom stereocenters. The Kier molecular flexibility index (Phi) is 4.01. The van der Waals surface area contributed by atoms with Crippen LogP contribution in [0.25, 0.3) is 0 Å². The summed E-state index contributed by atoms with van der Waals surface area (Å²) in [5, 5.41) is 0. The maximum Gasteiger partial charge on any atom is 0.309 e. The van der Waals surface area contributed by atoms with Gasteiger partial charge in [0.15, 0.2) is 0 Å². The minimum atomic E-state index is -0.0888. The fraction of sp³-hybridized carbons (Fsp3) is 0.692. The van der Waals surface area contributed by atoms with Crippen molar-refractivity contribution >= 4 is 5.97 Å². The Morgan fingerprint density at radius 2 is 2.44 bits per heavy atom. The second-order valence-corrected chi connectivity index (χ2v) is 5.00. The molecule has 2 rings (SSSR count). The number of hydrogen-bond acceptors (Lipinski definition) is 5. The quantitative estimate of drug-likeness (QED) is 0.765. The highest BCUT2D eigenvalue weighted by Crippen LogP contribution is 2.25. The number of hydrogen-bond donors (Lipinski definition) is 0. The Bertz CT molecular complexity index is 416. The standard InChI is InChI=1S/C13H20N2O3/c1-9-7-15(5-4-11(9)13(16)17-3)8-12-14-6-10(2)18-12/h6,9,11H,4-5,7-8H2,1-3H3/t9-,11+/m1/s1. The first-order chi connectivity index (χ1) is 8.60. The van der Waals surface area contributed by atoms with Crippen LogP contribution in [0.3, 0.4) is 0 Å². The van der Waals surface area contributed by atoms with Gasteiger partial charge in [-0.3, -0.25) is 9.69 Å². The van der Waals surface area contributed by atoms with Gasteiger partial charge in [0.05, 0.1) is 25.8 Å². The highest BCUT2D eigenvalue weighted by molar-refractivity contribution is 5.72. The second-order valence-electron chi connectivity index (χ2n) is 5.00. The van der Waals surface area contributed by atoms with Crippen molar-refractivity contribution in [3.63, 3.8) is 0 Å². The van der Waals surface area contributed by atoms with E-state index in [0.717, 1.165) is 31.2 Å². The van der Waals surface area contributed by atoms with Crippen LogP contribution >= 0.6 is 0 Å². The number of ether oxygens (including phenoxy) is 1. The molecule has 0 N–H and O–H groups in total. The Morgan fingerprint density at radius 1 is 1.67 bits per heavy atom. The first-order valence-corrected chi connectivity index (χ1v) is 6.31. The van der Waals surface area contributed by atoms with Crippen molar-refractivity contribution in [3.05, 3.63) is 17.8 Å². The molecule has 5 heteroatoms. The van der Waals surface area contributed by atoms with E-state index in [1.54, 1.807) is 6.20 Å². The van der Waals surface area contributed by atoms with Crippen molar-refractivity contribution in [2.75, 3.05) is 20.2 Å². The summed E-state index contributed by atoms with van der Waals surface area (Å²) in [5.74, 6) is 1.83. The molecular weight excluding hydrogens is 232 g/mol. The third-order valence-corrected chi connectivity index (χ3v) is 3.52. The minimum absolute atomic E-state index is 0.0255. The highest BCUT2D eigenvalue weighted by atomic mass is 16.5. The smallest absolute Gasteiger partial charge is 0.309 e. The third-order valence-electron chi connectivity index (χ3n) is 3.52. The lowest BCUT2D eigenvalue weighted by molar-refractivity contribution is -0.149. The summed E-state index contributed by atoms with van der Waals surface area (Å²) in [7, 11) is 1.46. The van der Waals surface area contributed by atoms with E-state index in [0.29, 0.717) is 12.5 Å². The Balaban J connectivity index is 1.90. The molecule has 0 saturated carbocycles. The van der Waals surface area contributed by atoms with Crippen LogP contribution in [-0.4, -0.2) is 36.1 Å². The highest BCUT2D eigenvalue weighted by Gasteiger charge is 2.32. The first kappa shape index (κ1) is 13.1. The van der Waals surface area contributed by atoms with E-state index in [1.165, 1.54) is 7.11 Å². The summed E-state index contributed by atoms with van der Waals surface area (Å²) in [6.45, 7) is 6.45. The van der Waals surface area contributed by atoms with Gasteiger partial charge >= 0.3 is 5.97 Å². The molecule has 0 amide bonds. The zero-order valence-electron chi connectivity index (χ0n) is 11.2. The average Bonchev–Trinajstić information content (AvgIpc) is 2.74. The Morgan fingerprint density at radius 3 is 3.00 bits per heavy atom. The fourth-order valence-electron chi connectivity index (χ4n) is 2.54. The van der Waals surface area contributed by atoms with Crippen LogP contribution in [-0.2, 0) is 16.1 Å². The Labute approximate surface area is 107 Å². The number of esters is 1. The molecule has 1 aromatic heterocycles. The van der Waals surface area contributed by atoms with Crippen LogP contribution in [0.1, 0.15) is 25.0 Å². The molecule has 1 aromatic rings. The number of piperidine rings is 1. The molecule has 1 fully saturated rings. The summed E-state index contributed by atoms with van der Waals surface area (Å²) < 4.78 is 10.3. The molecule has 0 radical (unpaired) electrons. The van der Waals surface area contributed by atoms with E-state index in [1.807, 2.05) is 6.92 Å². The van der Waals surface area contributed by atoms with Crippen molar-refractivity contribution in [2.24, 2.45) is 11.8 Å². The van der Waals surface area contributed by atoms with E-state index in [2.05, 4.69) is 16.8 Å². The zero-order chi connectivity index (χ0) is 13.1. The summed E-state index contributed by atoms with van der Waals surface area (Å²) in [6.07, 6.45) is 2.58. The maximum atomic E-state index is 11.6. The van der Waals surface area contributed by atoms with Crippen LogP contribution in [0, 0.1) is 18.8 Å². The van der Waals surface area contributed by atoms with Crippen LogP contribution in [0.15, 0.2) is 10.6 Å². The SMILES string of the molecule is COC(=O)[C@H]1CCN(Cc2ncc(C)o2)C[C@H]1C. The van der Waals surface area contributed by atoms with Gasteiger partial charge in [0.2, 0.25) is 5.89 Å². The molecular formula is C13H20N2O3. The first-order valence-electron chi connectivity index (χ1n) is 6.31. The van der Waals surface area contributed by atoms with Crippen molar-refractivity contribution in [1.29, 1.82) is 0 Å². The molecule has 2 heterocycles. The van der Waals surface area contributed by atoms with Gasteiger partial charge < -0.3 is 9.15 Å². The van der Waals surface area contributed by atoms with Crippen molar-refractivity contribution in [3.8, 4) is 0 Å². The van der Waals surface area contributed by atoms with E-state index in [-0.39, 0.29) is 11.9 Å². The summed E-state index contributed by atoms with van der Waals surface area (Å²) >= 11 is 0. The number of nitrogens with zero attached hydrogens (tertiary/aromatic N) is 2. The minimum Gasteiger partial charge on any atom is -0.469 e. The average molecular weight is 252 g/mol. The molecule has 0 spiro atoms. The van der Waals surface area contributed by atoms with Crippen LogP contribution in [0.5, 0.6) is 0 Å². The van der Waals surface area contributed by atoms with Crippen molar-refractivity contribution in [2.45, 2.75) is 26.8 Å². The van der Waals surface area contributed by atoms with Gasteiger partial charge in [-0.1, -0.05) is 6.92 Å². The molecule has 0 bridgehead atoms. The molecule has 0 aliphatic carbocycles. The van der Waals surface area contributed by atoms with Crippen LogP contribution < -0.4 is 0 Å². The summed E-state index contributed by atoms with van der Waals surface area (Å²) in [4.78, 5) is 18.1. The normalized spacial score (nSPS) is 25.1. The van der Waals surface area contributed by atoms with E-state index < -0.39 is 0 Å². The van der Waals surface area contributed by atoms with Gasteiger partial charge in [-0.05, 0) is 25.8 Å². The molecule has 1 aliphatic rings. The molecule has 2 atom stereocenters. The molecule has 18 heavy (non-hydrogen) atoms. The molecule has 1 aliphatic heterocycles. The lowest BCUT2D eigenvalue weighted by Gasteiger charge is -2.34. The number of methoxy groups -OCH3 is 1. The number of likely N-dealkylation sites (tertiary alicyclic amines) is 1. The van der Waals surface area contributed by atoms with E-state index in [4.69, 9.17) is 9.15 Å². The number of rotatable bonds is 3. The topological polar surface area (TPSA) is 55.6 Å². The van der Waals surface area contributed by atoms with Crippen LogP contribution in [0.2, 0.25) is 0 Å². The van der Waals surface area contributed by atoms with Gasteiger partial charge in [-0.15, -0.1) is 0 Å². The van der Waals surface area contributed by atoms with E-state index >= 15 is 0 Å². The maximum absolute atomic E-state index is 11.6. The third kappa shape index (κ3) is 2.90. The van der Waals surface area contributed by atoms with Gasteiger partial charge in [-0.25, -0.2) is 4.98 Å². The molecule has 5 nitrogen and oxygen atoms in total. The second kappa shape index (κ2) is 5.52. The van der Waals surface area contributed by atoms with Crippen molar-refractivity contribution < 1.29 is 13.9 Å². The van der Waals surface area contributed by atoms with E-state index in [9.17, 15) is 4.79 Å². The molecule has 1 saturated heterocycles. The summed E-state index contributed by atoms with van der Waals surface area (Å²) in [5.41, 5.74) is 0. The van der Waals surface area contributed by atoms with Crippen LogP contribution in [0.4, 0.5) is 0 Å². The van der Waals surface area contributed by atoms with Crippen molar-refractivity contribution in [1.82, 2.24) is 9.88 Å². The predicted molar refractivity (Wildman–Crippen MR) is 65.8 cm³/mol. The Hall–Kier alpha value is -1.36. The lowest BCUT2D eigenvalue weighted by Crippen LogP contribution is -2.42. The zero-order valence-corrected chi connectivity index (χ0v) is 11.2. The number of carbonyl (C=O) groups is 1. The van der Waals surface area contributed by atoms with Gasteiger partial charge in [-0.2, -0.15) is 0 Å². The number of aromatic nitrogens is 1. The predicted octanol–water partition coefficient (Wildman–Crippen LogP) is 1.61. The number of carbonyl (C=O) groups excluding carboxylic acids is 1. The largest absolute Gasteiger partial charge is 0.469 e. The fourth-order valence-corrected chi connectivity index (χ4v) is 2.54. The number of aryl methyl sites for hydroxylation is 1. The van der Waals surface area contributed by atoms with Gasteiger partial charge in [0.25, 0.3) is 0 Å². The molecule has 0 aromatic carbocycles. The summed E-state index contributed by atoms with van der Waals surface area (Å²) in [6, 6.07) is 0. The molecule has 100 valence electrons.